The van der Waals surface area contributed by atoms with Crippen molar-refractivity contribution >= 4 is 23.5 Å². The third-order valence-electron chi connectivity index (χ3n) is 8.30. The lowest BCUT2D eigenvalue weighted by Crippen LogP contribution is -2.59. The second-order valence-corrected chi connectivity index (χ2v) is 11.3. The summed E-state index contributed by atoms with van der Waals surface area (Å²) in [7, 11) is 0. The number of rotatable bonds is 9. The highest BCUT2D eigenvalue weighted by molar-refractivity contribution is 6.05. The molecule has 2 unspecified atom stereocenters. The van der Waals surface area contributed by atoms with Gasteiger partial charge in [0.15, 0.2) is 0 Å². The second-order valence-electron chi connectivity index (χ2n) is 11.3. The quantitative estimate of drug-likeness (QED) is 0.507. The molecule has 3 aliphatic rings. The number of aliphatic carboxylic acids is 1. The highest BCUT2D eigenvalue weighted by atomic mass is 16.5. The summed E-state index contributed by atoms with van der Waals surface area (Å²) in [4.78, 5) is 44.1. The first-order valence-electron chi connectivity index (χ1n) is 12.8. The first kappa shape index (κ1) is 26.4. The van der Waals surface area contributed by atoms with Gasteiger partial charge in [-0.15, -0.1) is 6.58 Å². The van der Waals surface area contributed by atoms with Gasteiger partial charge in [0, 0.05) is 12.2 Å². The molecule has 8 heteroatoms. The molecule has 0 aliphatic carbocycles. The lowest BCUT2D eigenvalue weighted by molar-refractivity contribution is -0.156. The van der Waals surface area contributed by atoms with Crippen molar-refractivity contribution in [2.24, 2.45) is 17.8 Å². The number of carboxylic acids is 1. The summed E-state index contributed by atoms with van der Waals surface area (Å²) in [5.41, 5.74) is 0.315. The van der Waals surface area contributed by atoms with E-state index in [1.807, 2.05) is 45.9 Å². The average molecular weight is 499 g/mol. The number of hydrogen-bond acceptors (Lipinski definition) is 5. The van der Waals surface area contributed by atoms with E-state index in [0.29, 0.717) is 24.9 Å². The molecule has 0 radical (unpaired) electrons. The molecular formula is C28H38N2O6. The van der Waals surface area contributed by atoms with Crippen LogP contribution >= 0.6 is 0 Å². The van der Waals surface area contributed by atoms with Crippen molar-refractivity contribution in [2.75, 3.05) is 18.1 Å². The van der Waals surface area contributed by atoms with Crippen LogP contribution in [0.4, 0.5) is 5.69 Å². The molecule has 1 spiro atoms. The summed E-state index contributed by atoms with van der Waals surface area (Å²) < 4.78 is 6.50. The highest BCUT2D eigenvalue weighted by Crippen LogP contribution is 2.63. The van der Waals surface area contributed by atoms with Crippen LogP contribution in [0.15, 0.2) is 30.9 Å². The van der Waals surface area contributed by atoms with Crippen LogP contribution < -0.4 is 4.90 Å². The predicted octanol–water partition coefficient (Wildman–Crippen LogP) is 3.08. The summed E-state index contributed by atoms with van der Waals surface area (Å²) in [6, 6.07) is 4.18. The molecule has 196 valence electrons. The third-order valence-corrected chi connectivity index (χ3v) is 8.30. The number of carboxylic acid groups (broad SMARTS) is 1. The van der Waals surface area contributed by atoms with E-state index >= 15 is 0 Å². The zero-order chi connectivity index (χ0) is 26.6. The number of aryl methyl sites for hydroxylation is 2. The minimum atomic E-state index is -1.26. The SMILES string of the molecule is C=CCN(C(=O)C1N([C@@H](CO)CC(C)C)C(=O)[C@@H]2[C@H](C(=O)O)[C@]3(C)CCC12O3)c1cc(C)ccc1C. The molecule has 8 nitrogen and oxygen atoms in total. The number of hydrogen-bond donors (Lipinski definition) is 2. The number of likely N-dealkylation sites (tertiary alicyclic amines) is 1. The van der Waals surface area contributed by atoms with Crippen molar-refractivity contribution in [2.45, 2.75) is 77.2 Å². The van der Waals surface area contributed by atoms with Crippen LogP contribution in [0.2, 0.25) is 0 Å². The molecule has 36 heavy (non-hydrogen) atoms. The minimum absolute atomic E-state index is 0.150. The molecule has 3 aliphatic heterocycles. The number of benzene rings is 1. The fraction of sp³-hybridized carbons (Fsp3) is 0.607. The molecule has 6 atom stereocenters. The Morgan fingerprint density at radius 3 is 2.58 bits per heavy atom. The van der Waals surface area contributed by atoms with Crippen molar-refractivity contribution in [3.8, 4) is 0 Å². The van der Waals surface area contributed by atoms with Gasteiger partial charge in [0.25, 0.3) is 5.91 Å². The Hall–Kier alpha value is -2.71. The molecule has 2 amide bonds. The zero-order valence-corrected chi connectivity index (χ0v) is 21.9. The minimum Gasteiger partial charge on any atom is -0.481 e. The summed E-state index contributed by atoms with van der Waals surface area (Å²) in [6.45, 7) is 13.3. The molecule has 3 fully saturated rings. The van der Waals surface area contributed by atoms with Crippen LogP contribution in [-0.4, -0.2) is 69.3 Å². The topological polar surface area (TPSA) is 107 Å². The highest BCUT2D eigenvalue weighted by Gasteiger charge is 2.78. The fourth-order valence-electron chi connectivity index (χ4n) is 6.83. The van der Waals surface area contributed by atoms with Crippen molar-refractivity contribution in [3.05, 3.63) is 42.0 Å². The van der Waals surface area contributed by atoms with E-state index in [9.17, 15) is 24.6 Å². The van der Waals surface area contributed by atoms with Crippen LogP contribution in [0.5, 0.6) is 0 Å². The molecule has 2 bridgehead atoms. The Kier molecular flexibility index (Phi) is 6.81. The second kappa shape index (κ2) is 9.30. The van der Waals surface area contributed by atoms with E-state index in [-0.39, 0.29) is 25.0 Å². The van der Waals surface area contributed by atoms with Crippen molar-refractivity contribution in [1.82, 2.24) is 4.90 Å². The van der Waals surface area contributed by atoms with Crippen molar-refractivity contribution < 1.29 is 29.3 Å². The standard InChI is InChI=1S/C28H38N2O6/c1-7-12-29(20-14-17(4)8-9-18(20)5)25(33)23-28-11-10-27(6,36-28)22(26(34)35)21(28)24(32)30(23)19(15-31)13-16(2)3/h7-9,14,16,19,21-23,31H,1,10-13,15H2,2-6H3,(H,34,35)/t19-,21+,22-,23?,27+,28?/m1/s1. The zero-order valence-electron chi connectivity index (χ0n) is 21.9. The molecule has 0 saturated carbocycles. The van der Waals surface area contributed by atoms with E-state index < -0.39 is 47.0 Å². The van der Waals surface area contributed by atoms with Crippen molar-refractivity contribution in [3.63, 3.8) is 0 Å². The summed E-state index contributed by atoms with van der Waals surface area (Å²) in [6.07, 6.45) is 2.98. The number of aliphatic hydroxyl groups excluding tert-OH is 1. The number of aliphatic hydroxyl groups is 1. The average Bonchev–Trinajstić information content (AvgIpc) is 3.38. The first-order valence-corrected chi connectivity index (χ1v) is 12.8. The Labute approximate surface area is 212 Å². The van der Waals surface area contributed by atoms with Gasteiger partial charge in [-0.25, -0.2) is 0 Å². The maximum atomic E-state index is 14.5. The summed E-state index contributed by atoms with van der Waals surface area (Å²) in [5, 5.41) is 20.5. The molecule has 3 heterocycles. The molecule has 4 rings (SSSR count). The largest absolute Gasteiger partial charge is 0.481 e. The number of ether oxygens (including phenoxy) is 1. The number of carbonyl (C=O) groups is 3. The van der Waals surface area contributed by atoms with Gasteiger partial charge >= 0.3 is 5.97 Å². The molecular weight excluding hydrogens is 460 g/mol. The molecule has 1 aromatic carbocycles. The summed E-state index contributed by atoms with van der Waals surface area (Å²) >= 11 is 0. The maximum Gasteiger partial charge on any atom is 0.310 e. The monoisotopic (exact) mass is 498 g/mol. The van der Waals surface area contributed by atoms with Gasteiger partial charge in [-0.05, 0) is 63.1 Å². The van der Waals surface area contributed by atoms with Crippen LogP contribution in [0.3, 0.4) is 0 Å². The first-order chi connectivity index (χ1) is 16.9. The van der Waals surface area contributed by atoms with Gasteiger partial charge in [0.05, 0.1) is 30.1 Å². The van der Waals surface area contributed by atoms with Gasteiger partial charge in [-0.3, -0.25) is 14.4 Å². The van der Waals surface area contributed by atoms with E-state index in [4.69, 9.17) is 4.74 Å². The normalized spacial score (nSPS) is 31.6. The molecule has 0 aromatic heterocycles. The Morgan fingerprint density at radius 2 is 2.00 bits per heavy atom. The Morgan fingerprint density at radius 1 is 1.31 bits per heavy atom. The molecule has 3 saturated heterocycles. The number of nitrogens with zero attached hydrogens (tertiary/aromatic N) is 2. The van der Waals surface area contributed by atoms with Gasteiger partial charge in [-0.1, -0.05) is 32.1 Å². The van der Waals surface area contributed by atoms with E-state index in [0.717, 1.165) is 11.1 Å². The van der Waals surface area contributed by atoms with Gasteiger partial charge < -0.3 is 24.7 Å². The van der Waals surface area contributed by atoms with E-state index in [1.165, 1.54) is 4.90 Å². The number of amides is 2. The number of carbonyl (C=O) groups excluding carboxylic acids is 2. The predicted molar refractivity (Wildman–Crippen MR) is 135 cm³/mol. The maximum absolute atomic E-state index is 14.5. The van der Waals surface area contributed by atoms with Crippen LogP contribution in [0, 0.1) is 31.6 Å². The summed E-state index contributed by atoms with van der Waals surface area (Å²) in [5.74, 6) is -3.72. The van der Waals surface area contributed by atoms with Gasteiger partial charge in [0.1, 0.15) is 11.6 Å². The number of anilines is 1. The lowest BCUT2D eigenvalue weighted by Gasteiger charge is -2.40. The van der Waals surface area contributed by atoms with Gasteiger partial charge in [-0.2, -0.15) is 0 Å². The Bertz CT molecular complexity index is 1090. The van der Waals surface area contributed by atoms with E-state index in [2.05, 4.69) is 6.58 Å². The van der Waals surface area contributed by atoms with Crippen LogP contribution in [0.25, 0.3) is 0 Å². The Balaban J connectivity index is 1.88. The van der Waals surface area contributed by atoms with Crippen LogP contribution in [-0.2, 0) is 19.1 Å². The van der Waals surface area contributed by atoms with Crippen LogP contribution in [0.1, 0.15) is 51.2 Å². The number of fused-ring (bicyclic) bond motifs is 1. The molecule has 1 aromatic rings. The molecule has 2 N–H and O–H groups in total. The fourth-order valence-corrected chi connectivity index (χ4v) is 6.83. The van der Waals surface area contributed by atoms with Gasteiger partial charge in [0.2, 0.25) is 5.91 Å². The lowest BCUT2D eigenvalue weighted by atomic mass is 9.66. The third kappa shape index (κ3) is 3.86. The van der Waals surface area contributed by atoms with Crippen molar-refractivity contribution in [1.29, 1.82) is 0 Å². The smallest absolute Gasteiger partial charge is 0.310 e. The van der Waals surface area contributed by atoms with E-state index in [1.54, 1.807) is 17.9 Å².